The lowest BCUT2D eigenvalue weighted by atomic mass is 9.75. The predicted molar refractivity (Wildman–Crippen MR) is 633 cm³/mol. The van der Waals surface area contributed by atoms with Crippen LogP contribution < -0.4 is 9.80 Å². The minimum atomic E-state index is -0.320. The van der Waals surface area contributed by atoms with E-state index >= 15 is 0 Å². The maximum Gasteiger partial charge on any atom is 0.0547 e. The van der Waals surface area contributed by atoms with Gasteiger partial charge < -0.3 is 18.9 Å². The average Bonchev–Trinajstić information content (AvgIpc) is 1.48. The van der Waals surface area contributed by atoms with Gasteiger partial charge in [-0.15, -0.1) is 0 Å². The van der Waals surface area contributed by atoms with Gasteiger partial charge in [0.1, 0.15) is 0 Å². The summed E-state index contributed by atoms with van der Waals surface area (Å²) in [6.07, 6.45) is 0.806. The Hall–Kier alpha value is -17.4. The van der Waals surface area contributed by atoms with E-state index in [0.717, 1.165) is 146 Å². The Morgan fingerprint density at radius 2 is 0.527 bits per heavy atom. The van der Waals surface area contributed by atoms with Gasteiger partial charge in [-0.05, 0) is 270 Å². The van der Waals surface area contributed by atoms with Crippen LogP contribution in [0, 0.1) is 0 Å². The smallest absolute Gasteiger partial charge is 0.0547 e. The molecule has 0 N–H and O–H groups in total. The Bertz CT molecular complexity index is 9130. The van der Waals surface area contributed by atoms with E-state index in [-0.39, 0.29) is 21.7 Å². The van der Waals surface area contributed by atoms with E-state index in [1.54, 1.807) is 0 Å². The molecule has 24 rings (SSSR count). The molecule has 0 aliphatic carbocycles. The largest absolute Gasteiger partial charge is 0.309 e. The first-order valence-corrected chi connectivity index (χ1v) is 52.1. The van der Waals surface area contributed by atoms with Crippen LogP contribution in [0.2, 0.25) is 0 Å². The van der Waals surface area contributed by atoms with Crippen molar-refractivity contribution < 1.29 is 0 Å². The molecule has 0 bridgehead atoms. The van der Waals surface area contributed by atoms with Crippen LogP contribution in [0.3, 0.4) is 0 Å². The molecule has 0 spiro atoms. The molecule has 2 heterocycles. The van der Waals surface area contributed by atoms with E-state index < -0.39 is 0 Å². The van der Waals surface area contributed by atoms with Gasteiger partial charge >= 0.3 is 0 Å². The van der Waals surface area contributed by atoms with Crippen molar-refractivity contribution in [3.63, 3.8) is 0 Å². The van der Waals surface area contributed by atoms with E-state index in [2.05, 4.69) is 599 Å². The number of aromatic nitrogens is 2. The fourth-order valence-corrected chi connectivity index (χ4v) is 22.8. The quantitative estimate of drug-likeness (QED) is 0.0713. The van der Waals surface area contributed by atoms with Crippen molar-refractivity contribution in [3.05, 3.63) is 531 Å². The van der Waals surface area contributed by atoms with Crippen molar-refractivity contribution in [2.24, 2.45) is 0 Å². The zero-order chi connectivity index (χ0) is 101. The van der Waals surface area contributed by atoms with E-state index in [1.807, 2.05) is 0 Å². The third kappa shape index (κ3) is 17.4. The minimum absolute atomic E-state index is 0.0666. The second-order valence-electron chi connectivity index (χ2n) is 43.7. The highest BCUT2D eigenvalue weighted by Crippen LogP contribution is 2.55. The first-order chi connectivity index (χ1) is 72.0. The van der Waals surface area contributed by atoms with Gasteiger partial charge in [0.15, 0.2) is 0 Å². The summed E-state index contributed by atoms with van der Waals surface area (Å²) >= 11 is 0. The minimum Gasteiger partial charge on any atom is -0.309 e. The van der Waals surface area contributed by atoms with Crippen molar-refractivity contribution in [1.29, 1.82) is 0 Å². The van der Waals surface area contributed by atoms with Crippen molar-refractivity contribution >= 4 is 99.3 Å². The Kier molecular flexibility index (Phi) is 23.8. The van der Waals surface area contributed by atoms with Gasteiger partial charge in [-0.3, -0.25) is 0 Å². The van der Waals surface area contributed by atoms with E-state index in [9.17, 15) is 0 Å². The second-order valence-corrected chi connectivity index (χ2v) is 43.7. The lowest BCUT2D eigenvalue weighted by Gasteiger charge is -2.32. The number of nitrogens with zero attached hydrogens (tertiary/aromatic N) is 4. The van der Waals surface area contributed by atoms with Crippen LogP contribution in [0.15, 0.2) is 504 Å². The van der Waals surface area contributed by atoms with Crippen LogP contribution in [0.4, 0.5) is 34.1 Å². The Balaban J connectivity index is 0.601. The zero-order valence-electron chi connectivity index (χ0n) is 85.9. The third-order valence-corrected chi connectivity index (χ3v) is 30.5. The zero-order valence-corrected chi connectivity index (χ0v) is 85.9. The summed E-state index contributed by atoms with van der Waals surface area (Å²) in [4.78, 5) is 5.10. The molecule has 4 heteroatoms. The lowest BCUT2D eigenvalue weighted by molar-refractivity contribution is 0.517. The fraction of sp³-hybridized carbons (Fsp3) is 0.111. The summed E-state index contributed by atoms with van der Waals surface area (Å²) in [7, 11) is 0. The van der Waals surface area contributed by atoms with E-state index in [0.29, 0.717) is 0 Å². The highest BCUT2D eigenvalue weighted by molar-refractivity contribution is 6.15. The third-order valence-electron chi connectivity index (χ3n) is 30.5. The van der Waals surface area contributed by atoms with Crippen molar-refractivity contribution in [1.82, 2.24) is 9.13 Å². The molecule has 0 unspecified atom stereocenters. The average molecular weight is 1900 g/mol. The van der Waals surface area contributed by atoms with Crippen LogP contribution in [-0.4, -0.2) is 9.13 Å². The number of rotatable bonds is 21. The molecule has 0 aliphatic heterocycles. The van der Waals surface area contributed by atoms with Gasteiger partial charge in [0, 0.05) is 66.4 Å². The van der Waals surface area contributed by atoms with Crippen molar-refractivity contribution in [3.8, 4) is 123 Å². The molecule has 2 aromatic heterocycles. The summed E-state index contributed by atoms with van der Waals surface area (Å²) in [5.74, 6) is 0. The Labute approximate surface area is 870 Å². The molecule has 0 atom stereocenters. The van der Waals surface area contributed by atoms with Gasteiger partial charge in [-0.2, -0.15) is 0 Å². The number of fused-ring (bicyclic) bond motifs is 8. The van der Waals surface area contributed by atoms with Gasteiger partial charge in [0.2, 0.25) is 0 Å². The molecular formula is C144H118N4. The van der Waals surface area contributed by atoms with E-state index in [4.69, 9.17) is 0 Å². The van der Waals surface area contributed by atoms with Crippen molar-refractivity contribution in [2.45, 2.75) is 104 Å². The molecule has 0 saturated heterocycles. The first kappa shape index (κ1) is 92.9. The molecule has 0 amide bonds. The molecule has 0 radical (unpaired) electrons. The lowest BCUT2D eigenvalue weighted by Crippen LogP contribution is -2.22. The number of benzene rings is 22. The highest BCUT2D eigenvalue weighted by atomic mass is 15.2. The Morgan fingerprint density at radius 3 is 1.04 bits per heavy atom. The first-order valence-electron chi connectivity index (χ1n) is 52.1. The van der Waals surface area contributed by atoms with Gasteiger partial charge in [0.05, 0.1) is 50.5 Å². The standard InChI is InChI=1S/C144H118N4/c1-141(2,3)110-84-108(85-111(93-110)142(4,5)6)118-63-38-50-101-52-40-65-125(139(101)118)121-60-29-34-69-132(121)147(135-81-75-104(97-42-17-12-18-43-97)89-127(135)99-46-21-14-22-47-99)116-57-37-54-103(88-116)106-74-80-124-120-59-28-33-68-131(120)146(138(124)92-106)115-78-72-96(73-79-115)95-144(10,11)113-87-109(86-112(94-113)143(7,8)9)119-64-39-51-102-53-41-66-126(140(102)119)122-61-30-36-71-134(122)148(136-82-76-105(98-44-19-13-20-45-98)90-128(136)100-48-23-15-24-49-100)130-67-32-27-58-117(130)107-77-83-137-129(91-107)123-62-31-35-70-133(123)145(137)114-55-25-16-26-56-114/h12-94H,95H2,1-11H3. The summed E-state index contributed by atoms with van der Waals surface area (Å²) < 4.78 is 4.90. The molecule has 22 aromatic carbocycles. The Morgan fingerprint density at radius 1 is 0.182 bits per heavy atom. The van der Waals surface area contributed by atoms with Gasteiger partial charge in [-0.1, -0.05) is 470 Å². The van der Waals surface area contributed by atoms with Gasteiger partial charge in [-0.25, -0.2) is 0 Å². The molecule has 148 heavy (non-hydrogen) atoms. The maximum absolute atomic E-state index is 2.56. The maximum atomic E-state index is 2.56. The van der Waals surface area contributed by atoms with E-state index in [1.165, 1.54) is 110 Å². The summed E-state index contributed by atoms with van der Waals surface area (Å²) in [5, 5.41) is 9.62. The molecule has 24 aromatic rings. The molecule has 0 fully saturated rings. The molecule has 0 aliphatic rings. The van der Waals surface area contributed by atoms with Crippen LogP contribution in [0.25, 0.3) is 188 Å². The number of anilines is 6. The number of hydrogen-bond acceptors (Lipinski definition) is 2. The van der Waals surface area contributed by atoms with Crippen LogP contribution in [-0.2, 0) is 28.1 Å². The highest BCUT2D eigenvalue weighted by Gasteiger charge is 2.33. The summed E-state index contributed by atoms with van der Waals surface area (Å²) in [6.45, 7) is 26.0. The fourth-order valence-electron chi connectivity index (χ4n) is 22.8. The summed E-state index contributed by atoms with van der Waals surface area (Å²) in [6, 6.07) is 189. The normalized spacial score (nSPS) is 12.0. The van der Waals surface area contributed by atoms with Crippen LogP contribution in [0.5, 0.6) is 0 Å². The number of hydrogen-bond donors (Lipinski definition) is 0. The topological polar surface area (TPSA) is 16.3 Å². The monoisotopic (exact) mass is 1900 g/mol. The predicted octanol–water partition coefficient (Wildman–Crippen LogP) is 40.2. The molecule has 714 valence electrons. The summed E-state index contributed by atoms with van der Waals surface area (Å²) in [5.41, 5.74) is 42.2. The molecular weight excluding hydrogens is 1790 g/mol. The number of para-hydroxylation sites is 6. The van der Waals surface area contributed by atoms with Crippen molar-refractivity contribution in [2.75, 3.05) is 9.80 Å². The van der Waals surface area contributed by atoms with Crippen LogP contribution in [0.1, 0.15) is 104 Å². The molecule has 0 saturated carbocycles. The molecule has 4 nitrogen and oxygen atoms in total. The van der Waals surface area contributed by atoms with Crippen LogP contribution >= 0.6 is 0 Å². The SMILES string of the molecule is CC(C)(C)c1cc(-c2cccc3cccc(-c4ccccc4N(c4cccc(-c5ccc6c7ccccc7n(-c7ccc(CC(C)(C)c8cc(-c9cccc%10cccc(-c%11ccccc%11N(c%11ccccc%11-c%11ccc%12c(c%11)c%11ccccc%11n%12-c%11ccccc%11)c%11ccc(-c%12ccccc%12)cc%11-c%11ccccc%11)c9%10)cc(C(C)(C)C)c8)cc7)c6c5)c4)c4ccc(-c5ccccc5)cc4-c4ccccc4)c23)cc(C(C)(C)C)c1. The second kappa shape index (κ2) is 37.9. The van der Waals surface area contributed by atoms with Gasteiger partial charge in [0.25, 0.3) is 0 Å².